The molecule has 98 valence electrons. The van der Waals surface area contributed by atoms with Crippen LogP contribution < -0.4 is 5.32 Å². The molecule has 0 fully saturated rings. The predicted molar refractivity (Wildman–Crippen MR) is 75.7 cm³/mol. The number of nitrogens with one attached hydrogen (secondary N) is 1. The molecule has 0 aliphatic heterocycles. The van der Waals surface area contributed by atoms with Crippen LogP contribution in [0.4, 0.5) is 0 Å². The molecular weight excluding hydrogens is 314 g/mol. The second kappa shape index (κ2) is 5.90. The van der Waals surface area contributed by atoms with E-state index in [0.717, 1.165) is 34.0 Å². The van der Waals surface area contributed by atoms with Crippen molar-refractivity contribution < 1.29 is 0 Å². The maximum atomic E-state index is 4.57. The number of thiazole rings is 1. The van der Waals surface area contributed by atoms with E-state index in [9.17, 15) is 0 Å². The zero-order valence-electron chi connectivity index (χ0n) is 10.6. The maximum Gasteiger partial charge on any atom is 0.153 e. The van der Waals surface area contributed by atoms with E-state index in [2.05, 4.69) is 48.8 Å². The molecule has 0 bridgehead atoms. The van der Waals surface area contributed by atoms with E-state index in [0.29, 0.717) is 0 Å². The molecule has 2 heterocycles. The fourth-order valence-corrected chi connectivity index (χ4v) is 2.98. The Morgan fingerprint density at radius 2 is 2.33 bits per heavy atom. The number of aryl methyl sites for hydroxylation is 2. The Morgan fingerprint density at radius 1 is 1.56 bits per heavy atom. The van der Waals surface area contributed by atoms with E-state index in [4.69, 9.17) is 0 Å². The first-order valence-corrected chi connectivity index (χ1v) is 7.51. The Bertz CT molecular complexity index is 502. The third-order valence-corrected chi connectivity index (χ3v) is 3.99. The molecule has 0 aliphatic carbocycles. The summed E-state index contributed by atoms with van der Waals surface area (Å²) in [5, 5.41) is 14.7. The van der Waals surface area contributed by atoms with E-state index in [1.54, 1.807) is 16.0 Å². The van der Waals surface area contributed by atoms with Gasteiger partial charge in [-0.2, -0.15) is 0 Å². The fraction of sp³-hybridized carbons (Fsp3) is 0.545. The molecule has 2 aromatic rings. The van der Waals surface area contributed by atoms with Gasteiger partial charge in [0.1, 0.15) is 0 Å². The molecule has 7 heteroatoms. The van der Waals surface area contributed by atoms with Crippen molar-refractivity contribution in [3.8, 4) is 0 Å². The minimum Gasteiger partial charge on any atom is -0.304 e. The molecule has 5 nitrogen and oxygen atoms in total. The summed E-state index contributed by atoms with van der Waals surface area (Å²) in [6.45, 7) is 5.09. The van der Waals surface area contributed by atoms with Crippen LogP contribution in [0.3, 0.4) is 0 Å². The molecule has 0 spiro atoms. The van der Waals surface area contributed by atoms with E-state index >= 15 is 0 Å². The van der Waals surface area contributed by atoms with Gasteiger partial charge in [0, 0.05) is 12.4 Å². The molecule has 0 aromatic carbocycles. The van der Waals surface area contributed by atoms with Crippen LogP contribution in [0, 0.1) is 6.92 Å². The van der Waals surface area contributed by atoms with Crippen molar-refractivity contribution in [2.75, 3.05) is 6.54 Å². The number of aromatic nitrogens is 4. The molecule has 1 N–H and O–H groups in total. The number of hydrogen-bond acceptors (Lipinski definition) is 5. The van der Waals surface area contributed by atoms with Crippen molar-refractivity contribution in [3.63, 3.8) is 0 Å². The van der Waals surface area contributed by atoms with E-state index in [1.807, 2.05) is 14.0 Å². The van der Waals surface area contributed by atoms with Gasteiger partial charge in [-0.1, -0.05) is 12.1 Å². The standard InChI is InChI=1S/C11H16BrN5S/c1-4-5-13-9(8-6-18-7(2)14-8)10-11(12)15-16-17(10)3/h6,9,13H,4-5H2,1-3H3. The lowest BCUT2D eigenvalue weighted by Gasteiger charge is -2.16. The third-order valence-electron chi connectivity index (χ3n) is 2.63. The van der Waals surface area contributed by atoms with Crippen molar-refractivity contribution >= 4 is 27.3 Å². The van der Waals surface area contributed by atoms with Crippen molar-refractivity contribution in [3.05, 3.63) is 26.4 Å². The number of rotatable bonds is 5. The van der Waals surface area contributed by atoms with Gasteiger partial charge in [-0.05, 0) is 35.8 Å². The van der Waals surface area contributed by atoms with E-state index in [-0.39, 0.29) is 6.04 Å². The number of hydrogen-bond donors (Lipinski definition) is 1. The lowest BCUT2D eigenvalue weighted by molar-refractivity contribution is 0.541. The number of nitrogens with zero attached hydrogens (tertiary/aromatic N) is 4. The van der Waals surface area contributed by atoms with Crippen LogP contribution in [0.5, 0.6) is 0 Å². The van der Waals surface area contributed by atoms with Crippen molar-refractivity contribution in [2.24, 2.45) is 7.05 Å². The fourth-order valence-electron chi connectivity index (χ4n) is 1.79. The van der Waals surface area contributed by atoms with Crippen LogP contribution in [0.2, 0.25) is 0 Å². The summed E-state index contributed by atoms with van der Waals surface area (Å²) < 4.78 is 2.55. The van der Waals surface area contributed by atoms with Gasteiger partial charge in [0.2, 0.25) is 0 Å². The number of halogens is 1. The van der Waals surface area contributed by atoms with Gasteiger partial charge < -0.3 is 5.32 Å². The summed E-state index contributed by atoms with van der Waals surface area (Å²) >= 11 is 5.11. The van der Waals surface area contributed by atoms with Crippen LogP contribution in [0.15, 0.2) is 9.98 Å². The second-order valence-corrected chi connectivity index (χ2v) is 5.88. The largest absolute Gasteiger partial charge is 0.304 e. The van der Waals surface area contributed by atoms with Crippen LogP contribution >= 0.6 is 27.3 Å². The molecule has 2 aromatic heterocycles. The first-order chi connectivity index (χ1) is 8.63. The molecule has 0 saturated carbocycles. The lowest BCUT2D eigenvalue weighted by atomic mass is 10.1. The van der Waals surface area contributed by atoms with Gasteiger partial charge >= 0.3 is 0 Å². The molecule has 2 rings (SSSR count). The average Bonchev–Trinajstić information content (AvgIpc) is 2.90. The normalized spacial score (nSPS) is 12.9. The highest BCUT2D eigenvalue weighted by Gasteiger charge is 2.23. The van der Waals surface area contributed by atoms with Crippen molar-refractivity contribution in [2.45, 2.75) is 26.3 Å². The van der Waals surface area contributed by atoms with Gasteiger partial charge in [-0.3, -0.25) is 0 Å². The van der Waals surface area contributed by atoms with Crippen LogP contribution in [-0.4, -0.2) is 26.5 Å². The van der Waals surface area contributed by atoms with Gasteiger partial charge in [0.05, 0.1) is 22.4 Å². The summed E-state index contributed by atoms with van der Waals surface area (Å²) in [7, 11) is 1.90. The summed E-state index contributed by atoms with van der Waals surface area (Å²) in [5.74, 6) is 0. The van der Waals surface area contributed by atoms with Gasteiger partial charge in [0.25, 0.3) is 0 Å². The summed E-state index contributed by atoms with van der Waals surface area (Å²) in [4.78, 5) is 4.57. The van der Waals surface area contributed by atoms with Crippen molar-refractivity contribution in [1.82, 2.24) is 25.3 Å². The minimum atomic E-state index is 0.0317. The molecule has 0 amide bonds. The van der Waals surface area contributed by atoms with Crippen LogP contribution in [-0.2, 0) is 7.05 Å². The Balaban J connectivity index is 2.36. The second-order valence-electron chi connectivity index (χ2n) is 4.07. The maximum absolute atomic E-state index is 4.57. The molecule has 1 atom stereocenters. The zero-order chi connectivity index (χ0) is 13.1. The highest BCUT2D eigenvalue weighted by Crippen LogP contribution is 2.27. The first-order valence-electron chi connectivity index (χ1n) is 5.84. The van der Waals surface area contributed by atoms with E-state index < -0.39 is 0 Å². The molecule has 0 aliphatic rings. The predicted octanol–water partition coefficient (Wildman–Crippen LogP) is 2.43. The smallest absolute Gasteiger partial charge is 0.153 e. The van der Waals surface area contributed by atoms with Crippen LogP contribution in [0.1, 0.15) is 35.8 Å². The van der Waals surface area contributed by atoms with Gasteiger partial charge in [-0.15, -0.1) is 16.4 Å². The van der Waals surface area contributed by atoms with Gasteiger partial charge in [-0.25, -0.2) is 9.67 Å². The Hall–Kier alpha value is -0.790. The summed E-state index contributed by atoms with van der Waals surface area (Å²) in [6, 6.07) is 0.0317. The zero-order valence-corrected chi connectivity index (χ0v) is 13.0. The quantitative estimate of drug-likeness (QED) is 0.915. The Kier molecular flexibility index (Phi) is 4.47. The van der Waals surface area contributed by atoms with E-state index in [1.165, 1.54) is 0 Å². The minimum absolute atomic E-state index is 0.0317. The first kappa shape index (κ1) is 13.6. The lowest BCUT2D eigenvalue weighted by Crippen LogP contribution is -2.26. The third kappa shape index (κ3) is 2.78. The molecule has 0 radical (unpaired) electrons. The molecular formula is C11H16BrN5S. The summed E-state index contributed by atoms with van der Waals surface area (Å²) in [5.41, 5.74) is 2.03. The molecule has 18 heavy (non-hydrogen) atoms. The Labute approximate surface area is 119 Å². The highest BCUT2D eigenvalue weighted by molar-refractivity contribution is 9.10. The topological polar surface area (TPSA) is 55.6 Å². The van der Waals surface area contributed by atoms with Crippen molar-refractivity contribution in [1.29, 1.82) is 0 Å². The SMILES string of the molecule is CCCNC(c1csc(C)n1)c1c(Br)nnn1C. The van der Waals surface area contributed by atoms with Gasteiger partial charge in [0.15, 0.2) is 4.60 Å². The monoisotopic (exact) mass is 329 g/mol. The van der Waals surface area contributed by atoms with Crippen LogP contribution in [0.25, 0.3) is 0 Å². The summed E-state index contributed by atoms with van der Waals surface area (Å²) in [6.07, 6.45) is 1.07. The Morgan fingerprint density at radius 3 is 2.83 bits per heavy atom. The molecule has 0 saturated heterocycles. The highest BCUT2D eigenvalue weighted by atomic mass is 79.9. The average molecular weight is 330 g/mol. The molecule has 1 unspecified atom stereocenters.